The summed E-state index contributed by atoms with van der Waals surface area (Å²) in [5.74, 6) is 0.423. The summed E-state index contributed by atoms with van der Waals surface area (Å²) in [4.78, 5) is 14.9. The molecule has 1 atom stereocenters. The Morgan fingerprint density at radius 2 is 1.90 bits per heavy atom. The van der Waals surface area contributed by atoms with Gasteiger partial charge in [-0.05, 0) is 35.9 Å². The maximum atomic E-state index is 13.3. The van der Waals surface area contributed by atoms with Gasteiger partial charge in [0.2, 0.25) is 0 Å². The standard InChI is InChI=1S/C21H24ClFN2O4/c1-27-19-6-3-14(11-20(19)28-2)18(25-7-9-29-10-8-25)13-24-21(26)16-5-4-15(23)12-17(16)22/h3-6,11-12,18H,7-10,13H2,1-2H3,(H,24,26). The van der Waals surface area contributed by atoms with Crippen LogP contribution < -0.4 is 14.8 Å². The predicted molar refractivity (Wildman–Crippen MR) is 108 cm³/mol. The van der Waals surface area contributed by atoms with Gasteiger partial charge in [0, 0.05) is 19.6 Å². The number of carbonyl (C=O) groups excluding carboxylic acids is 1. The molecule has 29 heavy (non-hydrogen) atoms. The highest BCUT2D eigenvalue weighted by Crippen LogP contribution is 2.32. The molecular weight excluding hydrogens is 399 g/mol. The fraction of sp³-hybridized carbons (Fsp3) is 0.381. The summed E-state index contributed by atoms with van der Waals surface area (Å²) in [6, 6.07) is 9.35. The number of methoxy groups -OCH3 is 2. The van der Waals surface area contributed by atoms with Crippen LogP contribution in [0.4, 0.5) is 4.39 Å². The summed E-state index contributed by atoms with van der Waals surface area (Å²) in [7, 11) is 3.17. The summed E-state index contributed by atoms with van der Waals surface area (Å²) >= 11 is 6.02. The van der Waals surface area contributed by atoms with Crippen LogP contribution in [-0.4, -0.2) is 57.9 Å². The Morgan fingerprint density at radius 1 is 1.17 bits per heavy atom. The zero-order valence-corrected chi connectivity index (χ0v) is 17.2. The molecule has 0 radical (unpaired) electrons. The third kappa shape index (κ3) is 5.18. The lowest BCUT2D eigenvalue weighted by atomic mass is 10.0. The quantitative estimate of drug-likeness (QED) is 0.741. The number of nitrogens with zero attached hydrogens (tertiary/aromatic N) is 1. The lowest BCUT2D eigenvalue weighted by Gasteiger charge is -2.35. The number of rotatable bonds is 7. The second-order valence-corrected chi connectivity index (χ2v) is 7.02. The number of nitrogens with one attached hydrogen (secondary N) is 1. The van der Waals surface area contributed by atoms with Gasteiger partial charge in [0.25, 0.3) is 5.91 Å². The highest BCUT2D eigenvalue weighted by molar-refractivity contribution is 6.33. The van der Waals surface area contributed by atoms with Gasteiger partial charge in [-0.1, -0.05) is 17.7 Å². The van der Waals surface area contributed by atoms with Crippen molar-refractivity contribution in [1.29, 1.82) is 0 Å². The molecule has 0 aliphatic carbocycles. The Kier molecular flexibility index (Phi) is 7.30. The van der Waals surface area contributed by atoms with Gasteiger partial charge in [0.05, 0.1) is 44.1 Å². The van der Waals surface area contributed by atoms with Gasteiger partial charge in [-0.25, -0.2) is 4.39 Å². The van der Waals surface area contributed by atoms with Crippen LogP contribution in [0.25, 0.3) is 0 Å². The van der Waals surface area contributed by atoms with Crippen molar-refractivity contribution in [3.05, 3.63) is 58.4 Å². The van der Waals surface area contributed by atoms with Gasteiger partial charge >= 0.3 is 0 Å². The first-order chi connectivity index (χ1) is 14.0. The Morgan fingerprint density at radius 3 is 2.55 bits per heavy atom. The van der Waals surface area contributed by atoms with Crippen molar-refractivity contribution in [3.8, 4) is 11.5 Å². The molecule has 156 valence electrons. The zero-order chi connectivity index (χ0) is 20.8. The molecule has 6 nitrogen and oxygen atoms in total. The fourth-order valence-corrected chi connectivity index (χ4v) is 3.62. The van der Waals surface area contributed by atoms with Gasteiger partial charge in [-0.2, -0.15) is 0 Å². The second-order valence-electron chi connectivity index (χ2n) is 6.61. The van der Waals surface area contributed by atoms with Crippen molar-refractivity contribution in [2.24, 2.45) is 0 Å². The third-order valence-corrected chi connectivity index (χ3v) is 5.22. The number of hydrogen-bond acceptors (Lipinski definition) is 5. The molecule has 2 aromatic rings. The molecule has 8 heteroatoms. The van der Waals surface area contributed by atoms with E-state index in [4.69, 9.17) is 25.8 Å². The van der Waals surface area contributed by atoms with Gasteiger partial charge in [-0.15, -0.1) is 0 Å². The van der Waals surface area contributed by atoms with Crippen molar-refractivity contribution in [2.45, 2.75) is 6.04 Å². The first-order valence-electron chi connectivity index (χ1n) is 9.30. The highest BCUT2D eigenvalue weighted by Gasteiger charge is 2.25. The highest BCUT2D eigenvalue weighted by atomic mass is 35.5. The van der Waals surface area contributed by atoms with Crippen LogP contribution in [-0.2, 0) is 4.74 Å². The number of amides is 1. The lowest BCUT2D eigenvalue weighted by molar-refractivity contribution is 0.0162. The largest absolute Gasteiger partial charge is 0.493 e. The first-order valence-corrected chi connectivity index (χ1v) is 9.68. The Labute approximate surface area is 174 Å². The van der Waals surface area contributed by atoms with Crippen LogP contribution in [0.2, 0.25) is 5.02 Å². The predicted octanol–water partition coefficient (Wildman–Crippen LogP) is 3.30. The van der Waals surface area contributed by atoms with Crippen LogP contribution in [0.15, 0.2) is 36.4 Å². The SMILES string of the molecule is COc1ccc(C(CNC(=O)c2ccc(F)cc2Cl)N2CCOCC2)cc1OC. The third-order valence-electron chi connectivity index (χ3n) is 4.91. The molecule has 0 bridgehead atoms. The van der Waals surface area contributed by atoms with Crippen molar-refractivity contribution in [1.82, 2.24) is 10.2 Å². The van der Waals surface area contributed by atoms with E-state index in [1.54, 1.807) is 14.2 Å². The second kappa shape index (κ2) is 9.91. The number of carbonyl (C=O) groups is 1. The van der Waals surface area contributed by atoms with E-state index in [2.05, 4.69) is 10.2 Å². The van der Waals surface area contributed by atoms with Crippen LogP contribution >= 0.6 is 11.6 Å². The summed E-state index contributed by atoms with van der Waals surface area (Å²) in [6.45, 7) is 3.09. The molecule has 0 saturated carbocycles. The number of benzene rings is 2. The van der Waals surface area contributed by atoms with E-state index in [-0.39, 0.29) is 22.5 Å². The Balaban J connectivity index is 1.81. The maximum Gasteiger partial charge on any atom is 0.252 e. The number of ether oxygens (including phenoxy) is 3. The monoisotopic (exact) mass is 422 g/mol. The Bertz CT molecular complexity index is 859. The molecule has 1 saturated heterocycles. The molecule has 2 aromatic carbocycles. The van der Waals surface area contributed by atoms with Crippen molar-refractivity contribution in [3.63, 3.8) is 0 Å². The molecule has 3 rings (SSSR count). The number of morpholine rings is 1. The lowest BCUT2D eigenvalue weighted by Crippen LogP contribution is -2.43. The van der Waals surface area contributed by atoms with Gasteiger partial charge in [-0.3, -0.25) is 9.69 Å². The molecule has 1 unspecified atom stereocenters. The molecular formula is C21H24ClFN2O4. The molecule has 1 N–H and O–H groups in total. The van der Waals surface area contributed by atoms with Gasteiger partial charge in [0.15, 0.2) is 11.5 Å². The van der Waals surface area contributed by atoms with Gasteiger partial charge < -0.3 is 19.5 Å². The normalized spacial score (nSPS) is 15.6. The van der Waals surface area contributed by atoms with E-state index in [1.165, 1.54) is 12.1 Å². The molecule has 1 amide bonds. The maximum absolute atomic E-state index is 13.3. The number of hydrogen-bond donors (Lipinski definition) is 1. The van der Waals surface area contributed by atoms with E-state index in [9.17, 15) is 9.18 Å². The van der Waals surface area contributed by atoms with Crippen LogP contribution in [0.1, 0.15) is 22.0 Å². The minimum absolute atomic E-state index is 0.0801. The first kappa shape index (κ1) is 21.4. The van der Waals surface area contributed by atoms with Crippen LogP contribution in [0.5, 0.6) is 11.5 Å². The van der Waals surface area contributed by atoms with E-state index in [0.29, 0.717) is 31.3 Å². The van der Waals surface area contributed by atoms with Crippen LogP contribution in [0, 0.1) is 5.82 Å². The summed E-state index contributed by atoms with van der Waals surface area (Å²) in [5, 5.41) is 3.00. The summed E-state index contributed by atoms with van der Waals surface area (Å²) in [6.07, 6.45) is 0. The summed E-state index contributed by atoms with van der Waals surface area (Å²) < 4.78 is 29.5. The molecule has 1 fully saturated rings. The minimum Gasteiger partial charge on any atom is -0.493 e. The van der Waals surface area contributed by atoms with E-state index in [1.807, 2.05) is 18.2 Å². The van der Waals surface area contributed by atoms with E-state index >= 15 is 0 Å². The van der Waals surface area contributed by atoms with Crippen molar-refractivity contribution >= 4 is 17.5 Å². The average molecular weight is 423 g/mol. The van der Waals surface area contributed by atoms with Crippen LogP contribution in [0.3, 0.4) is 0 Å². The van der Waals surface area contributed by atoms with E-state index in [0.717, 1.165) is 24.7 Å². The molecule has 1 heterocycles. The van der Waals surface area contributed by atoms with Gasteiger partial charge in [0.1, 0.15) is 5.82 Å². The number of halogens is 2. The average Bonchev–Trinajstić information content (AvgIpc) is 2.74. The smallest absolute Gasteiger partial charge is 0.252 e. The topological polar surface area (TPSA) is 60.0 Å². The minimum atomic E-state index is -0.483. The zero-order valence-electron chi connectivity index (χ0n) is 16.4. The molecule has 1 aliphatic rings. The summed E-state index contributed by atoms with van der Waals surface area (Å²) in [5.41, 5.74) is 1.22. The van der Waals surface area contributed by atoms with E-state index < -0.39 is 5.82 Å². The Hall–Kier alpha value is -2.35. The van der Waals surface area contributed by atoms with Crippen molar-refractivity contribution in [2.75, 3.05) is 47.1 Å². The molecule has 1 aliphatic heterocycles. The molecule has 0 aromatic heterocycles. The molecule has 0 spiro atoms. The van der Waals surface area contributed by atoms with Crippen molar-refractivity contribution < 1.29 is 23.4 Å². The fourth-order valence-electron chi connectivity index (χ4n) is 3.37.